The summed E-state index contributed by atoms with van der Waals surface area (Å²) in [5.41, 5.74) is 1.47. The van der Waals surface area contributed by atoms with Crippen molar-refractivity contribution in [1.82, 2.24) is 10.2 Å². The fourth-order valence-electron chi connectivity index (χ4n) is 2.52. The van der Waals surface area contributed by atoms with E-state index in [2.05, 4.69) is 24.5 Å². The largest absolute Gasteiger partial charge is 0.376 e. The van der Waals surface area contributed by atoms with E-state index in [9.17, 15) is 9.59 Å². The summed E-state index contributed by atoms with van der Waals surface area (Å²) in [6.45, 7) is 8.03. The summed E-state index contributed by atoms with van der Waals surface area (Å²) in [5.74, 6) is 0.437. The lowest BCUT2D eigenvalue weighted by molar-refractivity contribution is -0.120. The maximum absolute atomic E-state index is 12.4. The Hall–Kier alpha value is -2.04. The van der Waals surface area contributed by atoms with Crippen LogP contribution in [0.4, 0.5) is 5.69 Å². The SMILES string of the molecule is CC(C)C(C)NC(=O)CNc1cccc(C(=O)N2CCCC2)c1. The molecule has 1 aliphatic heterocycles. The minimum atomic E-state index is -0.0394. The molecule has 1 unspecified atom stereocenters. The molecule has 1 saturated heterocycles. The molecule has 1 heterocycles. The molecule has 1 aromatic rings. The van der Waals surface area contributed by atoms with Crippen molar-refractivity contribution >= 4 is 17.5 Å². The van der Waals surface area contributed by atoms with E-state index in [-0.39, 0.29) is 24.4 Å². The van der Waals surface area contributed by atoms with Crippen molar-refractivity contribution in [2.45, 2.75) is 39.7 Å². The van der Waals surface area contributed by atoms with E-state index in [1.807, 2.05) is 36.1 Å². The van der Waals surface area contributed by atoms with Gasteiger partial charge in [-0.1, -0.05) is 19.9 Å². The molecular formula is C18H27N3O2. The number of hydrogen-bond acceptors (Lipinski definition) is 3. The van der Waals surface area contributed by atoms with E-state index in [4.69, 9.17) is 0 Å². The quantitative estimate of drug-likeness (QED) is 0.847. The summed E-state index contributed by atoms with van der Waals surface area (Å²) in [6, 6.07) is 7.51. The van der Waals surface area contributed by atoms with Crippen molar-refractivity contribution in [3.05, 3.63) is 29.8 Å². The Labute approximate surface area is 138 Å². The minimum Gasteiger partial charge on any atom is -0.376 e. The van der Waals surface area contributed by atoms with Crippen LogP contribution in [-0.2, 0) is 4.79 Å². The van der Waals surface area contributed by atoms with E-state index < -0.39 is 0 Å². The fourth-order valence-corrected chi connectivity index (χ4v) is 2.52. The number of benzene rings is 1. The standard InChI is InChI=1S/C18H27N3O2/c1-13(2)14(3)20-17(22)12-19-16-8-6-7-15(11-16)18(23)21-9-4-5-10-21/h6-8,11,13-14,19H,4-5,9-10,12H2,1-3H3,(H,20,22). The maximum Gasteiger partial charge on any atom is 0.253 e. The Morgan fingerprint density at radius 2 is 1.87 bits per heavy atom. The van der Waals surface area contributed by atoms with Crippen molar-refractivity contribution in [2.24, 2.45) is 5.92 Å². The van der Waals surface area contributed by atoms with Gasteiger partial charge in [0.2, 0.25) is 5.91 Å². The maximum atomic E-state index is 12.4. The molecule has 0 bridgehead atoms. The molecule has 2 N–H and O–H groups in total. The molecule has 1 atom stereocenters. The molecule has 126 valence electrons. The van der Waals surface area contributed by atoms with E-state index >= 15 is 0 Å². The molecule has 2 amide bonds. The number of likely N-dealkylation sites (tertiary alicyclic amines) is 1. The molecule has 0 radical (unpaired) electrons. The van der Waals surface area contributed by atoms with Crippen molar-refractivity contribution < 1.29 is 9.59 Å². The van der Waals surface area contributed by atoms with Crippen LogP contribution >= 0.6 is 0 Å². The Morgan fingerprint density at radius 1 is 1.17 bits per heavy atom. The molecule has 0 saturated carbocycles. The van der Waals surface area contributed by atoms with Gasteiger partial charge < -0.3 is 15.5 Å². The number of amides is 2. The van der Waals surface area contributed by atoms with E-state index in [1.165, 1.54) is 0 Å². The Bertz CT molecular complexity index is 551. The van der Waals surface area contributed by atoms with Crippen LogP contribution < -0.4 is 10.6 Å². The Morgan fingerprint density at radius 3 is 2.52 bits per heavy atom. The lowest BCUT2D eigenvalue weighted by Gasteiger charge is -2.18. The monoisotopic (exact) mass is 317 g/mol. The smallest absolute Gasteiger partial charge is 0.253 e. The molecule has 5 heteroatoms. The molecular weight excluding hydrogens is 290 g/mol. The zero-order valence-electron chi connectivity index (χ0n) is 14.3. The average molecular weight is 317 g/mol. The molecule has 0 aromatic heterocycles. The first-order chi connectivity index (χ1) is 11.0. The highest BCUT2D eigenvalue weighted by molar-refractivity contribution is 5.95. The summed E-state index contributed by atoms with van der Waals surface area (Å²) in [6.07, 6.45) is 2.16. The van der Waals surface area contributed by atoms with Crippen molar-refractivity contribution in [2.75, 3.05) is 25.0 Å². The van der Waals surface area contributed by atoms with Gasteiger partial charge in [0.1, 0.15) is 0 Å². The van der Waals surface area contributed by atoms with Crippen LogP contribution in [0.15, 0.2) is 24.3 Å². The predicted molar refractivity (Wildman–Crippen MR) is 92.5 cm³/mol. The third-order valence-electron chi connectivity index (χ3n) is 4.34. The van der Waals surface area contributed by atoms with Gasteiger partial charge in [-0.2, -0.15) is 0 Å². The first kappa shape index (κ1) is 17.3. The Kier molecular flexibility index (Phi) is 6.02. The van der Waals surface area contributed by atoms with Crippen LogP contribution in [0.5, 0.6) is 0 Å². The summed E-state index contributed by atoms with van der Waals surface area (Å²) in [7, 11) is 0. The van der Waals surface area contributed by atoms with Crippen LogP contribution in [0.25, 0.3) is 0 Å². The minimum absolute atomic E-state index is 0.0394. The number of hydrogen-bond donors (Lipinski definition) is 2. The van der Waals surface area contributed by atoms with E-state index in [0.29, 0.717) is 11.5 Å². The van der Waals surface area contributed by atoms with Gasteiger partial charge in [-0.3, -0.25) is 9.59 Å². The van der Waals surface area contributed by atoms with Crippen LogP contribution in [0.3, 0.4) is 0 Å². The van der Waals surface area contributed by atoms with E-state index in [1.54, 1.807) is 0 Å². The first-order valence-corrected chi connectivity index (χ1v) is 8.40. The number of rotatable bonds is 6. The van der Waals surface area contributed by atoms with Crippen LogP contribution in [-0.4, -0.2) is 42.4 Å². The zero-order chi connectivity index (χ0) is 16.8. The second-order valence-corrected chi connectivity index (χ2v) is 6.53. The zero-order valence-corrected chi connectivity index (χ0v) is 14.3. The second-order valence-electron chi connectivity index (χ2n) is 6.53. The van der Waals surface area contributed by atoms with E-state index in [0.717, 1.165) is 31.6 Å². The van der Waals surface area contributed by atoms with Gasteiger partial charge >= 0.3 is 0 Å². The van der Waals surface area contributed by atoms with Crippen molar-refractivity contribution in [3.63, 3.8) is 0 Å². The molecule has 5 nitrogen and oxygen atoms in total. The normalized spacial score (nSPS) is 15.6. The molecule has 0 spiro atoms. The number of carbonyl (C=O) groups is 2. The second kappa shape index (κ2) is 7.99. The summed E-state index contributed by atoms with van der Waals surface area (Å²) >= 11 is 0. The topological polar surface area (TPSA) is 61.4 Å². The van der Waals surface area contributed by atoms with Gasteiger partial charge in [0.05, 0.1) is 6.54 Å². The summed E-state index contributed by atoms with van der Waals surface area (Å²) in [4.78, 5) is 26.2. The number of nitrogens with zero attached hydrogens (tertiary/aromatic N) is 1. The average Bonchev–Trinajstić information content (AvgIpc) is 3.06. The summed E-state index contributed by atoms with van der Waals surface area (Å²) in [5, 5.41) is 6.05. The van der Waals surface area contributed by atoms with Crippen molar-refractivity contribution in [1.29, 1.82) is 0 Å². The van der Waals surface area contributed by atoms with Gasteiger partial charge in [0.25, 0.3) is 5.91 Å². The van der Waals surface area contributed by atoms with Crippen LogP contribution in [0, 0.1) is 5.92 Å². The van der Waals surface area contributed by atoms with Gasteiger partial charge in [0.15, 0.2) is 0 Å². The summed E-state index contributed by atoms with van der Waals surface area (Å²) < 4.78 is 0. The molecule has 1 aliphatic rings. The molecule has 23 heavy (non-hydrogen) atoms. The lowest BCUT2D eigenvalue weighted by Crippen LogP contribution is -2.39. The molecule has 0 aliphatic carbocycles. The third kappa shape index (κ3) is 4.98. The van der Waals surface area contributed by atoms with Gasteiger partial charge in [0, 0.05) is 30.4 Å². The number of carbonyl (C=O) groups excluding carboxylic acids is 2. The highest BCUT2D eigenvalue weighted by Crippen LogP contribution is 2.16. The van der Waals surface area contributed by atoms with Gasteiger partial charge in [-0.25, -0.2) is 0 Å². The Balaban J connectivity index is 1.89. The van der Waals surface area contributed by atoms with Crippen molar-refractivity contribution in [3.8, 4) is 0 Å². The van der Waals surface area contributed by atoms with Gasteiger partial charge in [-0.05, 0) is 43.9 Å². The van der Waals surface area contributed by atoms with Gasteiger partial charge in [-0.15, -0.1) is 0 Å². The fraction of sp³-hybridized carbons (Fsp3) is 0.556. The molecule has 2 rings (SSSR count). The predicted octanol–water partition coefficient (Wildman–Crippen LogP) is 2.50. The van der Waals surface area contributed by atoms with Crippen LogP contribution in [0.1, 0.15) is 44.0 Å². The third-order valence-corrected chi connectivity index (χ3v) is 4.34. The number of anilines is 1. The lowest BCUT2D eigenvalue weighted by atomic mass is 10.1. The van der Waals surface area contributed by atoms with Crippen LogP contribution in [0.2, 0.25) is 0 Å². The number of nitrogens with one attached hydrogen (secondary N) is 2. The highest BCUT2D eigenvalue weighted by atomic mass is 16.2. The highest BCUT2D eigenvalue weighted by Gasteiger charge is 2.19. The molecule has 1 aromatic carbocycles. The molecule has 1 fully saturated rings. The first-order valence-electron chi connectivity index (χ1n) is 8.40.